The lowest BCUT2D eigenvalue weighted by Crippen LogP contribution is -2.17. The molecule has 1 aliphatic rings. The third-order valence-electron chi connectivity index (χ3n) is 4.63. The fourth-order valence-electron chi connectivity index (χ4n) is 3.32. The second-order valence-electron chi connectivity index (χ2n) is 6.51. The van der Waals surface area contributed by atoms with Crippen LogP contribution in [-0.4, -0.2) is 11.2 Å². The van der Waals surface area contributed by atoms with E-state index < -0.39 is 0 Å². The van der Waals surface area contributed by atoms with Gasteiger partial charge in [-0.05, 0) is 31.1 Å². The summed E-state index contributed by atoms with van der Waals surface area (Å²) in [6.45, 7) is 4.59. The summed E-state index contributed by atoms with van der Waals surface area (Å²) in [6.07, 6.45) is 15.8. The zero-order valence-electron chi connectivity index (χ0n) is 12.7. The van der Waals surface area contributed by atoms with Crippen LogP contribution in [0.4, 0.5) is 0 Å². The average Bonchev–Trinajstić information content (AvgIpc) is 2.79. The zero-order valence-corrected chi connectivity index (χ0v) is 12.7. The first kappa shape index (κ1) is 16.0. The van der Waals surface area contributed by atoms with Crippen LogP contribution < -0.4 is 0 Å². The summed E-state index contributed by atoms with van der Waals surface area (Å²) in [4.78, 5) is 0. The van der Waals surface area contributed by atoms with Gasteiger partial charge in [-0.3, -0.25) is 0 Å². The van der Waals surface area contributed by atoms with E-state index in [1.54, 1.807) is 0 Å². The number of hydrogen-bond acceptors (Lipinski definition) is 1. The highest BCUT2D eigenvalue weighted by Crippen LogP contribution is 2.34. The van der Waals surface area contributed by atoms with Crippen LogP contribution in [0.1, 0.15) is 90.9 Å². The van der Waals surface area contributed by atoms with Crippen LogP contribution in [0.3, 0.4) is 0 Å². The molecule has 0 radical (unpaired) electrons. The Labute approximate surface area is 114 Å². The molecule has 1 saturated carbocycles. The molecule has 108 valence electrons. The molecule has 1 fully saturated rings. The van der Waals surface area contributed by atoms with Gasteiger partial charge in [-0.15, -0.1) is 0 Å². The van der Waals surface area contributed by atoms with Crippen LogP contribution >= 0.6 is 0 Å². The number of unbranched alkanes of at least 4 members (excludes halogenated alkanes) is 7. The van der Waals surface area contributed by atoms with E-state index in [2.05, 4.69) is 13.8 Å². The normalized spacial score (nSPS) is 25.5. The van der Waals surface area contributed by atoms with E-state index in [4.69, 9.17) is 0 Å². The molecule has 0 aromatic rings. The molecule has 0 bridgehead atoms. The topological polar surface area (TPSA) is 20.2 Å². The second-order valence-corrected chi connectivity index (χ2v) is 6.51. The van der Waals surface area contributed by atoms with Gasteiger partial charge in [-0.2, -0.15) is 0 Å². The zero-order chi connectivity index (χ0) is 13.2. The molecule has 0 spiro atoms. The van der Waals surface area contributed by atoms with Crippen molar-refractivity contribution in [1.29, 1.82) is 0 Å². The first-order valence-electron chi connectivity index (χ1n) is 8.42. The highest BCUT2D eigenvalue weighted by atomic mass is 16.3. The molecule has 0 aromatic carbocycles. The Morgan fingerprint density at radius 2 is 1.56 bits per heavy atom. The Balaban J connectivity index is 1.88. The van der Waals surface area contributed by atoms with Gasteiger partial charge < -0.3 is 5.11 Å². The van der Waals surface area contributed by atoms with Gasteiger partial charge in [0, 0.05) is 0 Å². The smallest absolute Gasteiger partial charge is 0.0568 e. The van der Waals surface area contributed by atoms with Gasteiger partial charge in [-0.25, -0.2) is 0 Å². The quantitative estimate of drug-likeness (QED) is 0.523. The van der Waals surface area contributed by atoms with Crippen LogP contribution in [0.2, 0.25) is 0 Å². The van der Waals surface area contributed by atoms with Gasteiger partial charge in [0.1, 0.15) is 0 Å². The van der Waals surface area contributed by atoms with Crippen molar-refractivity contribution in [3.05, 3.63) is 0 Å². The molecule has 18 heavy (non-hydrogen) atoms. The Kier molecular flexibility index (Phi) is 8.75. The number of aliphatic hydroxyl groups is 1. The molecule has 3 atom stereocenters. The lowest BCUT2D eigenvalue weighted by Gasteiger charge is -2.17. The Morgan fingerprint density at radius 1 is 0.944 bits per heavy atom. The van der Waals surface area contributed by atoms with Crippen molar-refractivity contribution < 1.29 is 5.11 Å². The highest BCUT2D eigenvalue weighted by molar-refractivity contribution is 4.78. The van der Waals surface area contributed by atoms with Gasteiger partial charge in [0.25, 0.3) is 0 Å². The summed E-state index contributed by atoms with van der Waals surface area (Å²) in [5.74, 6) is 1.47. The second kappa shape index (κ2) is 9.83. The van der Waals surface area contributed by atoms with Gasteiger partial charge in [0.15, 0.2) is 0 Å². The molecule has 1 heteroatoms. The van der Waals surface area contributed by atoms with Crippen molar-refractivity contribution in [1.82, 2.24) is 0 Å². The molecule has 3 unspecified atom stereocenters. The number of hydrogen-bond donors (Lipinski definition) is 1. The van der Waals surface area contributed by atoms with E-state index in [0.717, 1.165) is 12.3 Å². The molecule has 0 amide bonds. The minimum atomic E-state index is -0.00459. The first-order chi connectivity index (χ1) is 8.74. The lowest BCUT2D eigenvalue weighted by molar-refractivity contribution is 0.0971. The molecule has 1 rings (SSSR count). The van der Waals surface area contributed by atoms with Crippen molar-refractivity contribution in [2.45, 2.75) is 97.0 Å². The summed E-state index contributed by atoms with van der Waals surface area (Å²) >= 11 is 0. The largest absolute Gasteiger partial charge is 0.393 e. The lowest BCUT2D eigenvalue weighted by atomic mass is 9.95. The first-order valence-corrected chi connectivity index (χ1v) is 8.42. The van der Waals surface area contributed by atoms with Crippen molar-refractivity contribution in [2.24, 2.45) is 11.8 Å². The molecule has 1 N–H and O–H groups in total. The van der Waals surface area contributed by atoms with Crippen LogP contribution in [0.15, 0.2) is 0 Å². The third kappa shape index (κ3) is 6.78. The minimum Gasteiger partial charge on any atom is -0.393 e. The maximum Gasteiger partial charge on any atom is 0.0568 e. The van der Waals surface area contributed by atoms with E-state index in [9.17, 15) is 5.11 Å². The molecule has 0 heterocycles. The molecular weight excluding hydrogens is 220 g/mol. The van der Waals surface area contributed by atoms with Crippen molar-refractivity contribution in [3.8, 4) is 0 Å². The van der Waals surface area contributed by atoms with Crippen LogP contribution in [0.5, 0.6) is 0 Å². The SMILES string of the molecule is CCCCCCCCCCC(O)C1CCC(C)C1. The van der Waals surface area contributed by atoms with Crippen LogP contribution in [0, 0.1) is 11.8 Å². The molecule has 0 saturated heterocycles. The Morgan fingerprint density at radius 3 is 2.11 bits per heavy atom. The summed E-state index contributed by atoms with van der Waals surface area (Å²) < 4.78 is 0. The van der Waals surface area contributed by atoms with Gasteiger partial charge >= 0.3 is 0 Å². The highest BCUT2D eigenvalue weighted by Gasteiger charge is 2.26. The summed E-state index contributed by atoms with van der Waals surface area (Å²) in [6, 6.07) is 0. The molecule has 0 aromatic heterocycles. The standard InChI is InChI=1S/C17H34O/c1-3-4-5-6-7-8-9-10-11-17(18)16-13-12-15(2)14-16/h15-18H,3-14H2,1-2H3. The van der Waals surface area contributed by atoms with E-state index in [-0.39, 0.29) is 6.10 Å². The van der Waals surface area contributed by atoms with Crippen molar-refractivity contribution in [2.75, 3.05) is 0 Å². The molecule has 1 aliphatic carbocycles. The third-order valence-corrected chi connectivity index (χ3v) is 4.63. The maximum atomic E-state index is 10.1. The van der Waals surface area contributed by atoms with Crippen LogP contribution in [-0.2, 0) is 0 Å². The van der Waals surface area contributed by atoms with Crippen molar-refractivity contribution in [3.63, 3.8) is 0 Å². The van der Waals surface area contributed by atoms with E-state index in [1.165, 1.54) is 70.6 Å². The number of rotatable bonds is 10. The minimum absolute atomic E-state index is 0.00459. The monoisotopic (exact) mass is 254 g/mol. The summed E-state index contributed by atoms with van der Waals surface area (Å²) in [7, 11) is 0. The fraction of sp³-hybridized carbons (Fsp3) is 1.00. The molecular formula is C17H34O. The van der Waals surface area contributed by atoms with E-state index >= 15 is 0 Å². The maximum absolute atomic E-state index is 10.1. The Bertz CT molecular complexity index is 190. The average molecular weight is 254 g/mol. The van der Waals surface area contributed by atoms with Gasteiger partial charge in [0.05, 0.1) is 6.10 Å². The number of aliphatic hydroxyl groups excluding tert-OH is 1. The predicted octanol–water partition coefficient (Wildman–Crippen LogP) is 5.31. The Hall–Kier alpha value is -0.0400. The van der Waals surface area contributed by atoms with E-state index in [1.807, 2.05) is 0 Å². The fourth-order valence-corrected chi connectivity index (χ4v) is 3.32. The summed E-state index contributed by atoms with van der Waals surface area (Å²) in [5, 5.41) is 10.1. The predicted molar refractivity (Wildman–Crippen MR) is 79.7 cm³/mol. The summed E-state index contributed by atoms with van der Waals surface area (Å²) in [5.41, 5.74) is 0. The van der Waals surface area contributed by atoms with Gasteiger partial charge in [0.2, 0.25) is 0 Å². The molecule has 0 aliphatic heterocycles. The molecule has 1 nitrogen and oxygen atoms in total. The van der Waals surface area contributed by atoms with Crippen LogP contribution in [0.25, 0.3) is 0 Å². The van der Waals surface area contributed by atoms with Crippen molar-refractivity contribution >= 4 is 0 Å². The van der Waals surface area contributed by atoms with Gasteiger partial charge in [-0.1, -0.05) is 71.6 Å². The van der Waals surface area contributed by atoms with E-state index in [0.29, 0.717) is 5.92 Å².